The second-order valence-corrected chi connectivity index (χ2v) is 5.18. The fourth-order valence-electron chi connectivity index (χ4n) is 2.05. The number of carbonyl (C=O) groups excluding carboxylic acids is 2. The van der Waals surface area contributed by atoms with E-state index in [0.29, 0.717) is 5.92 Å². The largest absolute Gasteiger partial charge is 0.373 e. The van der Waals surface area contributed by atoms with Gasteiger partial charge >= 0.3 is 6.15 Å². The highest BCUT2D eigenvalue weighted by atomic mass is 32.1. The molecule has 17 heavy (non-hydrogen) atoms. The zero-order valence-corrected chi connectivity index (χ0v) is 10.9. The molecule has 0 aliphatic heterocycles. The highest BCUT2D eigenvalue weighted by Gasteiger charge is 2.25. The van der Waals surface area contributed by atoms with Gasteiger partial charge in [0.05, 0.1) is 0 Å². The Hall–Kier alpha value is -1.26. The van der Waals surface area contributed by atoms with E-state index in [1.165, 1.54) is 24.3 Å². The van der Waals surface area contributed by atoms with Crippen LogP contribution in [0.2, 0.25) is 0 Å². The molecule has 1 aliphatic rings. The van der Waals surface area contributed by atoms with Gasteiger partial charge in [0.1, 0.15) is 5.01 Å². The Morgan fingerprint density at radius 3 is 2.65 bits per heavy atom. The van der Waals surface area contributed by atoms with Gasteiger partial charge in [-0.3, -0.25) is 0 Å². The van der Waals surface area contributed by atoms with Gasteiger partial charge in [0, 0.05) is 12.5 Å². The molecule has 6 heteroatoms. The highest BCUT2D eigenvalue weighted by molar-refractivity contribution is 7.15. The third-order valence-corrected chi connectivity index (χ3v) is 3.86. The van der Waals surface area contributed by atoms with Gasteiger partial charge in [0.2, 0.25) is 5.13 Å². The summed E-state index contributed by atoms with van der Waals surface area (Å²) >= 11 is 1.72. The van der Waals surface area contributed by atoms with Gasteiger partial charge in [0.15, 0.2) is 0 Å². The van der Waals surface area contributed by atoms with E-state index in [2.05, 4.69) is 29.4 Å². The molecule has 1 heterocycles. The van der Waals surface area contributed by atoms with E-state index in [4.69, 9.17) is 9.59 Å². The van der Waals surface area contributed by atoms with Crippen molar-refractivity contribution in [3.63, 3.8) is 0 Å². The van der Waals surface area contributed by atoms with Crippen LogP contribution in [0.5, 0.6) is 0 Å². The molecule has 94 valence electrons. The molecule has 1 aliphatic carbocycles. The summed E-state index contributed by atoms with van der Waals surface area (Å²) < 4.78 is 0. The summed E-state index contributed by atoms with van der Waals surface area (Å²) in [4.78, 5) is 16.2. The number of aromatic nitrogens is 2. The quantitative estimate of drug-likeness (QED) is 0.897. The minimum Gasteiger partial charge on any atom is -0.360 e. The van der Waals surface area contributed by atoms with Gasteiger partial charge < -0.3 is 5.32 Å². The minimum absolute atomic E-state index is 0.250. The Morgan fingerprint density at radius 2 is 2.12 bits per heavy atom. The van der Waals surface area contributed by atoms with Crippen molar-refractivity contribution < 1.29 is 9.59 Å². The standard InChI is InChI=1S/C10H17N3S.CO2/c1-3-11-10-13-12-9(14-10)8-5-4-7(2)6-8;2-1-3/h7-8H,3-6H2,1-2H3,(H,11,13);. The molecule has 1 fully saturated rings. The topological polar surface area (TPSA) is 72.0 Å². The first-order valence-corrected chi connectivity index (χ1v) is 6.59. The van der Waals surface area contributed by atoms with Crippen molar-refractivity contribution in [1.29, 1.82) is 0 Å². The van der Waals surface area contributed by atoms with Crippen molar-refractivity contribution in [2.75, 3.05) is 11.9 Å². The van der Waals surface area contributed by atoms with E-state index < -0.39 is 0 Å². The fraction of sp³-hybridized carbons (Fsp3) is 0.727. The van der Waals surface area contributed by atoms with E-state index in [9.17, 15) is 0 Å². The number of hydrogen-bond acceptors (Lipinski definition) is 6. The molecule has 0 radical (unpaired) electrons. The molecular formula is C11H17N3O2S. The Balaban J connectivity index is 0.000000437. The van der Waals surface area contributed by atoms with Crippen LogP contribution in [0.25, 0.3) is 0 Å². The lowest BCUT2D eigenvalue weighted by Crippen LogP contribution is -1.94. The Morgan fingerprint density at radius 1 is 1.41 bits per heavy atom. The second-order valence-electron chi connectivity index (χ2n) is 4.17. The van der Waals surface area contributed by atoms with Crippen LogP contribution in [-0.4, -0.2) is 22.9 Å². The van der Waals surface area contributed by atoms with Gasteiger partial charge in [0.25, 0.3) is 0 Å². The van der Waals surface area contributed by atoms with E-state index in [1.54, 1.807) is 11.3 Å². The summed E-state index contributed by atoms with van der Waals surface area (Å²) in [6.07, 6.45) is 4.18. The van der Waals surface area contributed by atoms with E-state index >= 15 is 0 Å². The van der Waals surface area contributed by atoms with Gasteiger partial charge in [-0.2, -0.15) is 9.59 Å². The molecule has 0 aromatic carbocycles. The van der Waals surface area contributed by atoms with Crippen LogP contribution in [0.3, 0.4) is 0 Å². The lowest BCUT2D eigenvalue weighted by molar-refractivity contribution is -0.191. The van der Waals surface area contributed by atoms with Crippen LogP contribution < -0.4 is 5.32 Å². The molecule has 2 atom stereocenters. The summed E-state index contributed by atoms with van der Waals surface area (Å²) in [6, 6.07) is 0. The molecule has 2 unspecified atom stereocenters. The fourth-order valence-corrected chi connectivity index (χ4v) is 3.01. The van der Waals surface area contributed by atoms with Gasteiger partial charge in [-0.05, 0) is 25.7 Å². The van der Waals surface area contributed by atoms with Crippen molar-refractivity contribution in [3.05, 3.63) is 5.01 Å². The number of nitrogens with one attached hydrogen (secondary N) is 1. The maximum Gasteiger partial charge on any atom is 0.373 e. The Kier molecular flexibility index (Phi) is 5.80. The molecule has 0 bridgehead atoms. The Labute approximate surface area is 105 Å². The molecule has 5 nitrogen and oxygen atoms in total. The van der Waals surface area contributed by atoms with E-state index in [0.717, 1.165) is 17.6 Å². The average Bonchev–Trinajstić information content (AvgIpc) is 2.89. The maximum atomic E-state index is 8.12. The van der Waals surface area contributed by atoms with Gasteiger partial charge in [-0.25, -0.2) is 0 Å². The first kappa shape index (κ1) is 13.8. The molecule has 1 N–H and O–H groups in total. The van der Waals surface area contributed by atoms with Crippen LogP contribution in [0.1, 0.15) is 44.0 Å². The summed E-state index contributed by atoms with van der Waals surface area (Å²) in [5.41, 5.74) is 0. The van der Waals surface area contributed by atoms with E-state index in [-0.39, 0.29) is 6.15 Å². The molecular weight excluding hydrogens is 238 g/mol. The van der Waals surface area contributed by atoms with Crippen LogP contribution in [0.4, 0.5) is 5.13 Å². The third kappa shape index (κ3) is 4.24. The maximum absolute atomic E-state index is 8.12. The van der Waals surface area contributed by atoms with Crippen LogP contribution in [0, 0.1) is 5.92 Å². The molecule has 1 saturated carbocycles. The summed E-state index contributed by atoms with van der Waals surface area (Å²) in [5.74, 6) is 1.54. The summed E-state index contributed by atoms with van der Waals surface area (Å²) in [6.45, 7) is 5.33. The highest BCUT2D eigenvalue weighted by Crippen LogP contribution is 2.39. The molecule has 1 aromatic rings. The lowest BCUT2D eigenvalue weighted by atomic mass is 10.1. The van der Waals surface area contributed by atoms with Crippen LogP contribution in [0.15, 0.2) is 0 Å². The minimum atomic E-state index is 0.250. The molecule has 0 saturated heterocycles. The molecule has 2 rings (SSSR count). The number of anilines is 1. The zero-order chi connectivity index (χ0) is 12.7. The number of hydrogen-bond donors (Lipinski definition) is 1. The number of nitrogens with zero attached hydrogens (tertiary/aromatic N) is 2. The van der Waals surface area contributed by atoms with Crippen molar-refractivity contribution >= 4 is 22.6 Å². The monoisotopic (exact) mass is 255 g/mol. The van der Waals surface area contributed by atoms with Gasteiger partial charge in [-0.1, -0.05) is 24.7 Å². The first-order chi connectivity index (χ1) is 8.21. The van der Waals surface area contributed by atoms with Crippen molar-refractivity contribution in [2.24, 2.45) is 5.92 Å². The van der Waals surface area contributed by atoms with E-state index in [1.807, 2.05) is 0 Å². The summed E-state index contributed by atoms with van der Waals surface area (Å²) in [7, 11) is 0. The SMILES string of the molecule is CCNc1nnc(C2CCC(C)C2)s1.O=C=O. The molecule has 0 spiro atoms. The lowest BCUT2D eigenvalue weighted by Gasteiger charge is -2.02. The third-order valence-electron chi connectivity index (χ3n) is 2.81. The average molecular weight is 255 g/mol. The normalized spacial score (nSPS) is 22.5. The number of rotatable bonds is 3. The van der Waals surface area contributed by atoms with Crippen molar-refractivity contribution in [2.45, 2.75) is 39.0 Å². The zero-order valence-electron chi connectivity index (χ0n) is 10.1. The predicted octanol–water partition coefficient (Wildman–Crippen LogP) is 2.29. The molecule has 0 amide bonds. The van der Waals surface area contributed by atoms with Crippen molar-refractivity contribution in [3.8, 4) is 0 Å². The van der Waals surface area contributed by atoms with Crippen molar-refractivity contribution in [1.82, 2.24) is 10.2 Å². The molecule has 1 aromatic heterocycles. The van der Waals surface area contributed by atoms with Crippen LogP contribution in [-0.2, 0) is 9.59 Å². The smallest absolute Gasteiger partial charge is 0.360 e. The van der Waals surface area contributed by atoms with Crippen LogP contribution >= 0.6 is 11.3 Å². The Bertz CT molecular complexity index is 375. The van der Waals surface area contributed by atoms with Gasteiger partial charge in [-0.15, -0.1) is 10.2 Å². The second kappa shape index (κ2) is 7.14. The summed E-state index contributed by atoms with van der Waals surface area (Å²) in [5, 5.41) is 13.8. The first-order valence-electron chi connectivity index (χ1n) is 5.77. The predicted molar refractivity (Wildman–Crippen MR) is 64.8 cm³/mol.